The Bertz CT molecular complexity index is 430. The van der Waals surface area contributed by atoms with Crippen LogP contribution >= 0.6 is 0 Å². The van der Waals surface area contributed by atoms with Crippen molar-refractivity contribution in [2.75, 3.05) is 24.1 Å². The van der Waals surface area contributed by atoms with E-state index in [0.717, 1.165) is 13.1 Å². The van der Waals surface area contributed by atoms with Crippen LogP contribution in [-0.4, -0.2) is 23.1 Å². The fraction of sp³-hybridized carbons (Fsp3) is 0.636. The number of hydrogen-bond acceptors (Lipinski definition) is 5. The smallest absolute Gasteiger partial charge is 0.276 e. The third kappa shape index (κ3) is 2.58. The summed E-state index contributed by atoms with van der Waals surface area (Å²) in [4.78, 5) is 17.7. The molecule has 0 aromatic carbocycles. The molecule has 2 rings (SSSR count). The highest BCUT2D eigenvalue weighted by Crippen LogP contribution is 2.31. The predicted octanol–water partition coefficient (Wildman–Crippen LogP) is 0.139. The Morgan fingerprint density at radius 1 is 1.47 bits per heavy atom. The molecule has 0 saturated heterocycles. The van der Waals surface area contributed by atoms with E-state index in [-0.39, 0.29) is 11.2 Å². The monoisotopic (exact) mass is 237 g/mol. The van der Waals surface area contributed by atoms with E-state index < -0.39 is 0 Å². The number of nitrogens with one attached hydrogen (secondary N) is 2. The molecule has 2 atom stereocenters. The molecular weight excluding hydrogens is 218 g/mol. The van der Waals surface area contributed by atoms with Gasteiger partial charge in [0, 0.05) is 6.54 Å². The minimum atomic E-state index is -0.302. The summed E-state index contributed by atoms with van der Waals surface area (Å²) in [7, 11) is 0. The van der Waals surface area contributed by atoms with Gasteiger partial charge in [0.15, 0.2) is 5.82 Å². The van der Waals surface area contributed by atoms with E-state index in [0.29, 0.717) is 17.7 Å². The van der Waals surface area contributed by atoms with Crippen LogP contribution < -0.4 is 22.3 Å². The molecular formula is C11H19N5O. The van der Waals surface area contributed by atoms with Gasteiger partial charge in [0.2, 0.25) is 0 Å². The molecule has 1 aliphatic rings. The largest absolute Gasteiger partial charge is 0.391 e. The highest BCUT2D eigenvalue weighted by Gasteiger charge is 2.25. The highest BCUT2D eigenvalue weighted by atomic mass is 16.1. The number of aromatic nitrogens is 2. The summed E-state index contributed by atoms with van der Waals surface area (Å²) in [5.41, 5.74) is 11.2. The number of H-pyrrole nitrogens is 1. The van der Waals surface area contributed by atoms with Gasteiger partial charge < -0.3 is 21.8 Å². The van der Waals surface area contributed by atoms with Crippen LogP contribution in [0.5, 0.6) is 0 Å². The first-order valence-corrected chi connectivity index (χ1v) is 5.99. The first-order chi connectivity index (χ1) is 8.22. The first kappa shape index (κ1) is 11.9. The van der Waals surface area contributed by atoms with E-state index >= 15 is 0 Å². The number of aromatic amines is 1. The molecule has 6 N–H and O–H groups in total. The Morgan fingerprint density at radius 3 is 3.00 bits per heavy atom. The average Bonchev–Trinajstić information content (AvgIpc) is 2.78. The number of rotatable bonds is 4. The molecule has 94 valence electrons. The van der Waals surface area contributed by atoms with Gasteiger partial charge in [-0.3, -0.25) is 4.79 Å². The van der Waals surface area contributed by atoms with Crippen LogP contribution in [0.15, 0.2) is 11.1 Å². The van der Waals surface area contributed by atoms with Crippen LogP contribution in [0.1, 0.15) is 19.3 Å². The quantitative estimate of drug-likeness (QED) is 0.595. The van der Waals surface area contributed by atoms with Gasteiger partial charge in [0.05, 0.1) is 6.33 Å². The zero-order chi connectivity index (χ0) is 12.3. The van der Waals surface area contributed by atoms with Gasteiger partial charge in [0.1, 0.15) is 5.69 Å². The molecule has 0 amide bonds. The molecule has 0 spiro atoms. The third-order valence-electron chi connectivity index (χ3n) is 3.54. The third-order valence-corrected chi connectivity index (χ3v) is 3.54. The van der Waals surface area contributed by atoms with E-state index in [1.165, 1.54) is 25.6 Å². The lowest BCUT2D eigenvalue weighted by atomic mass is 9.96. The number of nitrogen functional groups attached to an aromatic ring is 1. The molecule has 1 fully saturated rings. The van der Waals surface area contributed by atoms with E-state index in [9.17, 15) is 4.79 Å². The lowest BCUT2D eigenvalue weighted by Gasteiger charge is -2.18. The summed E-state index contributed by atoms with van der Waals surface area (Å²) in [5, 5.41) is 3.15. The second kappa shape index (κ2) is 5.18. The van der Waals surface area contributed by atoms with Gasteiger partial charge in [-0.15, -0.1) is 0 Å². The molecule has 1 aromatic heterocycles. The maximum absolute atomic E-state index is 11.3. The molecule has 17 heavy (non-hydrogen) atoms. The molecule has 1 heterocycles. The lowest BCUT2D eigenvalue weighted by molar-refractivity contribution is 0.414. The molecule has 1 aromatic rings. The summed E-state index contributed by atoms with van der Waals surface area (Å²) in [6.45, 7) is 1.51. The SMILES string of the molecule is NCC1CCCC1CNc1nc[nH]c(=O)c1N. The van der Waals surface area contributed by atoms with Crippen LogP contribution in [0.2, 0.25) is 0 Å². The fourth-order valence-electron chi connectivity index (χ4n) is 2.47. The standard InChI is InChI=1S/C11H19N5O/c12-4-7-2-1-3-8(7)5-14-10-9(13)11(17)16-6-15-10/h6-8H,1-5,12-13H2,(H2,14,15,16,17). The maximum Gasteiger partial charge on any atom is 0.276 e. The zero-order valence-corrected chi connectivity index (χ0v) is 9.78. The second-order valence-electron chi connectivity index (χ2n) is 4.56. The first-order valence-electron chi connectivity index (χ1n) is 5.99. The topological polar surface area (TPSA) is 110 Å². The number of anilines is 2. The molecule has 1 aliphatic carbocycles. The van der Waals surface area contributed by atoms with Gasteiger partial charge in [0.25, 0.3) is 5.56 Å². The van der Waals surface area contributed by atoms with Crippen molar-refractivity contribution in [3.8, 4) is 0 Å². The summed E-state index contributed by atoms with van der Waals surface area (Å²) in [6.07, 6.45) is 4.96. The minimum Gasteiger partial charge on any atom is -0.391 e. The molecule has 6 nitrogen and oxygen atoms in total. The summed E-state index contributed by atoms with van der Waals surface area (Å²) in [5.74, 6) is 1.60. The Morgan fingerprint density at radius 2 is 2.24 bits per heavy atom. The van der Waals surface area contributed by atoms with Crippen LogP contribution in [0, 0.1) is 11.8 Å². The summed E-state index contributed by atoms with van der Waals surface area (Å²) >= 11 is 0. The van der Waals surface area contributed by atoms with Gasteiger partial charge in [-0.1, -0.05) is 6.42 Å². The molecule has 0 aliphatic heterocycles. The van der Waals surface area contributed by atoms with Crippen LogP contribution in [0.3, 0.4) is 0 Å². The normalized spacial score (nSPS) is 23.8. The predicted molar refractivity (Wildman–Crippen MR) is 67.6 cm³/mol. The van der Waals surface area contributed by atoms with Crippen molar-refractivity contribution in [1.29, 1.82) is 0 Å². The number of hydrogen-bond donors (Lipinski definition) is 4. The number of nitrogens with two attached hydrogens (primary N) is 2. The maximum atomic E-state index is 11.3. The number of nitrogens with zero attached hydrogens (tertiary/aromatic N) is 1. The Labute approximate surface area is 99.8 Å². The van der Waals surface area contributed by atoms with E-state index in [1.807, 2.05) is 0 Å². The fourth-order valence-corrected chi connectivity index (χ4v) is 2.47. The highest BCUT2D eigenvalue weighted by molar-refractivity contribution is 5.58. The molecule has 0 radical (unpaired) electrons. The van der Waals surface area contributed by atoms with E-state index in [4.69, 9.17) is 11.5 Å². The molecule has 2 unspecified atom stereocenters. The average molecular weight is 237 g/mol. The van der Waals surface area contributed by atoms with Crippen molar-refractivity contribution >= 4 is 11.5 Å². The van der Waals surface area contributed by atoms with Gasteiger partial charge in [-0.2, -0.15) is 0 Å². The molecule has 6 heteroatoms. The lowest BCUT2D eigenvalue weighted by Crippen LogP contribution is -2.25. The Kier molecular flexibility index (Phi) is 3.63. The zero-order valence-electron chi connectivity index (χ0n) is 9.78. The minimum absolute atomic E-state index is 0.148. The van der Waals surface area contributed by atoms with Crippen LogP contribution in [0.25, 0.3) is 0 Å². The van der Waals surface area contributed by atoms with Crippen molar-refractivity contribution in [3.63, 3.8) is 0 Å². The Hall–Kier alpha value is -1.56. The van der Waals surface area contributed by atoms with Gasteiger partial charge in [-0.05, 0) is 31.2 Å². The summed E-state index contributed by atoms with van der Waals surface area (Å²) < 4.78 is 0. The van der Waals surface area contributed by atoms with Crippen molar-refractivity contribution in [3.05, 3.63) is 16.7 Å². The van der Waals surface area contributed by atoms with Gasteiger partial charge >= 0.3 is 0 Å². The van der Waals surface area contributed by atoms with Crippen LogP contribution in [-0.2, 0) is 0 Å². The van der Waals surface area contributed by atoms with Gasteiger partial charge in [-0.25, -0.2) is 4.98 Å². The second-order valence-corrected chi connectivity index (χ2v) is 4.56. The van der Waals surface area contributed by atoms with Crippen molar-refractivity contribution < 1.29 is 0 Å². The van der Waals surface area contributed by atoms with E-state index in [1.54, 1.807) is 0 Å². The van der Waals surface area contributed by atoms with Crippen molar-refractivity contribution in [2.45, 2.75) is 19.3 Å². The van der Waals surface area contributed by atoms with Crippen LogP contribution in [0.4, 0.5) is 11.5 Å². The summed E-state index contributed by atoms with van der Waals surface area (Å²) in [6, 6.07) is 0. The van der Waals surface area contributed by atoms with E-state index in [2.05, 4.69) is 15.3 Å². The molecule has 0 bridgehead atoms. The Balaban J connectivity index is 1.98. The van der Waals surface area contributed by atoms with Crippen molar-refractivity contribution in [2.24, 2.45) is 17.6 Å². The van der Waals surface area contributed by atoms with Crippen molar-refractivity contribution in [1.82, 2.24) is 9.97 Å². The molecule has 1 saturated carbocycles.